The van der Waals surface area contributed by atoms with Crippen molar-refractivity contribution >= 4 is 5.97 Å². The van der Waals surface area contributed by atoms with Crippen LogP contribution in [-0.2, 0) is 9.53 Å². The van der Waals surface area contributed by atoms with Crippen molar-refractivity contribution in [3.63, 3.8) is 0 Å². The minimum Gasteiger partial charge on any atom is -0.466 e. The van der Waals surface area contributed by atoms with Crippen LogP contribution in [0.2, 0.25) is 0 Å². The Bertz CT molecular complexity index is 274. The van der Waals surface area contributed by atoms with Crippen LogP contribution in [-0.4, -0.2) is 18.6 Å². The van der Waals surface area contributed by atoms with E-state index in [1.165, 1.54) is 0 Å². The van der Waals surface area contributed by atoms with Gasteiger partial charge in [-0.2, -0.15) is 0 Å². The summed E-state index contributed by atoms with van der Waals surface area (Å²) in [4.78, 5) is 14.3. The monoisotopic (exact) mass is 211 g/mol. The standard InChI is InChI=1S/C10H17N3O2/c1-3-15-10(14)8-4-5-9(12-13-11)7(2)6-8/h7-9H,3-6H2,1-2H3/t7-,8+,9+/m1/s1. The molecule has 0 radical (unpaired) electrons. The van der Waals surface area contributed by atoms with Gasteiger partial charge in [-0.1, -0.05) is 12.0 Å². The van der Waals surface area contributed by atoms with Crippen molar-refractivity contribution in [3.05, 3.63) is 10.4 Å². The molecule has 0 aromatic heterocycles. The lowest BCUT2D eigenvalue weighted by molar-refractivity contribution is -0.149. The zero-order valence-corrected chi connectivity index (χ0v) is 9.22. The molecular formula is C10H17N3O2. The third kappa shape index (κ3) is 3.13. The lowest BCUT2D eigenvalue weighted by Gasteiger charge is -2.29. The Hall–Kier alpha value is -1.22. The first kappa shape index (κ1) is 11.9. The van der Waals surface area contributed by atoms with Crippen molar-refractivity contribution in [2.45, 2.75) is 39.2 Å². The molecule has 84 valence electrons. The summed E-state index contributed by atoms with van der Waals surface area (Å²) < 4.78 is 4.98. The van der Waals surface area contributed by atoms with Crippen LogP contribution in [0.4, 0.5) is 0 Å². The summed E-state index contributed by atoms with van der Waals surface area (Å²) in [5.74, 6) is 0.151. The molecule has 15 heavy (non-hydrogen) atoms. The van der Waals surface area contributed by atoms with Gasteiger partial charge in [-0.05, 0) is 37.6 Å². The van der Waals surface area contributed by atoms with E-state index in [-0.39, 0.29) is 23.8 Å². The lowest BCUT2D eigenvalue weighted by Crippen LogP contribution is -2.30. The average Bonchev–Trinajstić information content (AvgIpc) is 2.21. The van der Waals surface area contributed by atoms with Crippen molar-refractivity contribution in [2.75, 3.05) is 6.61 Å². The Morgan fingerprint density at radius 2 is 2.33 bits per heavy atom. The maximum atomic E-state index is 11.5. The smallest absolute Gasteiger partial charge is 0.308 e. The van der Waals surface area contributed by atoms with Crippen LogP contribution < -0.4 is 0 Å². The number of ether oxygens (including phenoxy) is 1. The molecule has 5 nitrogen and oxygen atoms in total. The molecule has 1 rings (SSSR count). The quantitative estimate of drug-likeness (QED) is 0.311. The SMILES string of the molecule is CCOC(=O)[C@H]1CC[C@H](N=[N+]=[N-])[C@H](C)C1. The molecule has 0 aliphatic heterocycles. The molecule has 0 amide bonds. The van der Waals surface area contributed by atoms with Crippen LogP contribution in [0.1, 0.15) is 33.1 Å². The fourth-order valence-corrected chi connectivity index (χ4v) is 2.09. The van der Waals surface area contributed by atoms with E-state index in [9.17, 15) is 4.79 Å². The Morgan fingerprint density at radius 3 is 2.87 bits per heavy atom. The van der Waals surface area contributed by atoms with Crippen molar-refractivity contribution in [1.29, 1.82) is 0 Å². The largest absolute Gasteiger partial charge is 0.466 e. The van der Waals surface area contributed by atoms with Gasteiger partial charge in [-0.15, -0.1) is 0 Å². The van der Waals surface area contributed by atoms with Crippen LogP contribution in [0.15, 0.2) is 5.11 Å². The highest BCUT2D eigenvalue weighted by molar-refractivity contribution is 5.72. The summed E-state index contributed by atoms with van der Waals surface area (Å²) in [6.45, 7) is 4.27. The highest BCUT2D eigenvalue weighted by Gasteiger charge is 2.31. The molecular weight excluding hydrogens is 194 g/mol. The Balaban J connectivity index is 2.50. The first-order valence-corrected chi connectivity index (χ1v) is 5.39. The zero-order valence-electron chi connectivity index (χ0n) is 9.22. The molecule has 0 aromatic rings. The van der Waals surface area contributed by atoms with Crippen molar-refractivity contribution in [3.8, 4) is 0 Å². The van der Waals surface area contributed by atoms with E-state index in [1.807, 2.05) is 13.8 Å². The summed E-state index contributed by atoms with van der Waals surface area (Å²) in [5, 5.41) is 3.73. The second-order valence-corrected chi connectivity index (χ2v) is 4.01. The molecule has 5 heteroatoms. The van der Waals surface area contributed by atoms with Crippen LogP contribution in [0, 0.1) is 11.8 Å². The second kappa shape index (κ2) is 5.61. The van der Waals surface area contributed by atoms with E-state index >= 15 is 0 Å². The fourth-order valence-electron chi connectivity index (χ4n) is 2.09. The number of carbonyl (C=O) groups is 1. The summed E-state index contributed by atoms with van der Waals surface area (Å²) in [6.07, 6.45) is 2.32. The van der Waals surface area contributed by atoms with Crippen LogP contribution >= 0.6 is 0 Å². The van der Waals surface area contributed by atoms with E-state index in [0.29, 0.717) is 6.61 Å². The lowest BCUT2D eigenvalue weighted by atomic mass is 9.79. The second-order valence-electron chi connectivity index (χ2n) is 4.01. The minimum atomic E-state index is -0.108. The number of carbonyl (C=O) groups excluding carboxylic acids is 1. The van der Waals surface area contributed by atoms with Gasteiger partial charge < -0.3 is 4.74 Å². The third-order valence-corrected chi connectivity index (χ3v) is 2.94. The van der Waals surface area contributed by atoms with Gasteiger partial charge >= 0.3 is 5.97 Å². The van der Waals surface area contributed by atoms with Gasteiger partial charge in [0.1, 0.15) is 0 Å². The summed E-state index contributed by atoms with van der Waals surface area (Å²) >= 11 is 0. The van der Waals surface area contributed by atoms with Crippen LogP contribution in [0.5, 0.6) is 0 Å². The number of azide groups is 1. The number of nitrogens with zero attached hydrogens (tertiary/aromatic N) is 3. The molecule has 0 heterocycles. The predicted molar refractivity (Wildman–Crippen MR) is 56.1 cm³/mol. The van der Waals surface area contributed by atoms with Crippen LogP contribution in [0.25, 0.3) is 10.4 Å². The Morgan fingerprint density at radius 1 is 1.60 bits per heavy atom. The average molecular weight is 211 g/mol. The predicted octanol–water partition coefficient (Wildman–Crippen LogP) is 2.66. The first-order chi connectivity index (χ1) is 7.19. The van der Waals surface area contributed by atoms with E-state index in [4.69, 9.17) is 10.3 Å². The van der Waals surface area contributed by atoms with E-state index in [0.717, 1.165) is 19.3 Å². The van der Waals surface area contributed by atoms with Gasteiger partial charge in [0.15, 0.2) is 0 Å². The normalized spacial score (nSPS) is 30.4. The molecule has 1 aliphatic rings. The van der Waals surface area contributed by atoms with E-state index in [2.05, 4.69) is 10.0 Å². The Kier molecular flexibility index (Phi) is 4.43. The van der Waals surface area contributed by atoms with Crippen LogP contribution in [0.3, 0.4) is 0 Å². The topological polar surface area (TPSA) is 75.1 Å². The summed E-state index contributed by atoms with van der Waals surface area (Å²) in [7, 11) is 0. The number of hydrogen-bond donors (Lipinski definition) is 0. The van der Waals surface area contributed by atoms with Gasteiger partial charge in [0.05, 0.1) is 12.5 Å². The van der Waals surface area contributed by atoms with E-state index in [1.54, 1.807) is 0 Å². The molecule has 0 bridgehead atoms. The molecule has 3 atom stereocenters. The van der Waals surface area contributed by atoms with E-state index < -0.39 is 0 Å². The van der Waals surface area contributed by atoms with Crippen molar-refractivity contribution < 1.29 is 9.53 Å². The summed E-state index contributed by atoms with van der Waals surface area (Å²) in [5.41, 5.74) is 8.36. The number of esters is 1. The zero-order chi connectivity index (χ0) is 11.3. The maximum Gasteiger partial charge on any atom is 0.308 e. The molecule has 0 aromatic carbocycles. The maximum absolute atomic E-state index is 11.5. The van der Waals surface area contributed by atoms with Gasteiger partial charge in [0, 0.05) is 11.0 Å². The molecule has 0 N–H and O–H groups in total. The molecule has 0 unspecified atom stereocenters. The van der Waals surface area contributed by atoms with Gasteiger partial charge in [0.25, 0.3) is 0 Å². The van der Waals surface area contributed by atoms with Gasteiger partial charge in [-0.3, -0.25) is 4.79 Å². The highest BCUT2D eigenvalue weighted by Crippen LogP contribution is 2.31. The molecule has 0 saturated heterocycles. The van der Waals surface area contributed by atoms with Crippen molar-refractivity contribution in [1.82, 2.24) is 0 Å². The first-order valence-electron chi connectivity index (χ1n) is 5.39. The third-order valence-electron chi connectivity index (χ3n) is 2.94. The summed E-state index contributed by atoms with van der Waals surface area (Å²) in [6, 6.07) is 0.0423. The number of hydrogen-bond acceptors (Lipinski definition) is 3. The highest BCUT2D eigenvalue weighted by atomic mass is 16.5. The van der Waals surface area contributed by atoms with Crippen molar-refractivity contribution in [2.24, 2.45) is 17.0 Å². The minimum absolute atomic E-state index is 0.00917. The molecule has 1 fully saturated rings. The molecule has 0 spiro atoms. The van der Waals surface area contributed by atoms with Gasteiger partial charge in [0.2, 0.25) is 0 Å². The van der Waals surface area contributed by atoms with Gasteiger partial charge in [-0.25, -0.2) is 0 Å². The Labute approximate surface area is 89.4 Å². The molecule has 1 aliphatic carbocycles. The molecule has 1 saturated carbocycles. The fraction of sp³-hybridized carbons (Fsp3) is 0.900. The number of rotatable bonds is 3.